The number of benzene rings is 2. The van der Waals surface area contributed by atoms with Crippen LogP contribution in [-0.4, -0.2) is 11.1 Å². The van der Waals surface area contributed by atoms with E-state index in [1.165, 1.54) is 41.5 Å². The predicted octanol–water partition coefficient (Wildman–Crippen LogP) is 6.14. The lowest BCUT2D eigenvalue weighted by atomic mass is 9.74. The van der Waals surface area contributed by atoms with Crippen LogP contribution in [0.1, 0.15) is 74.5 Å². The van der Waals surface area contributed by atoms with Crippen LogP contribution in [0.4, 0.5) is 0 Å². The fraction of sp³-hybridized carbons (Fsp3) is 0.375. The topological polar surface area (TPSA) is 37.3 Å². The molecule has 0 saturated carbocycles. The number of carboxylic acid groups (broad SMARTS) is 1. The largest absolute Gasteiger partial charge is 0.478 e. The van der Waals surface area contributed by atoms with Crippen LogP contribution in [0, 0.1) is 27.7 Å². The van der Waals surface area contributed by atoms with Crippen molar-refractivity contribution in [1.82, 2.24) is 0 Å². The summed E-state index contributed by atoms with van der Waals surface area (Å²) >= 11 is 0. The quantitative estimate of drug-likeness (QED) is 0.720. The van der Waals surface area contributed by atoms with E-state index in [2.05, 4.69) is 33.8 Å². The number of carboxylic acids is 1. The number of carbonyl (C=O) groups is 1. The molecule has 0 amide bonds. The fourth-order valence-corrected chi connectivity index (χ4v) is 4.40. The first kappa shape index (κ1) is 18.4. The number of aromatic carboxylic acids is 1. The first-order valence-electron chi connectivity index (χ1n) is 9.49. The molecule has 0 aromatic heterocycles. The van der Waals surface area contributed by atoms with Crippen molar-refractivity contribution in [3.8, 4) is 0 Å². The van der Waals surface area contributed by atoms with Crippen molar-refractivity contribution in [2.45, 2.75) is 59.3 Å². The maximum atomic E-state index is 11.4. The van der Waals surface area contributed by atoms with Crippen LogP contribution in [0.5, 0.6) is 0 Å². The SMILES string of the molecule is Cc1c(C)c(C)c2c(c1C)CCCC2CC=Cc1ccccc1C(=O)O. The molecule has 0 spiro atoms. The van der Waals surface area contributed by atoms with Crippen LogP contribution in [0.3, 0.4) is 0 Å². The van der Waals surface area contributed by atoms with Crippen molar-refractivity contribution >= 4 is 12.0 Å². The third kappa shape index (κ3) is 3.33. The molecule has 2 nitrogen and oxygen atoms in total. The average Bonchev–Trinajstić information content (AvgIpc) is 2.64. The zero-order chi connectivity index (χ0) is 18.8. The molecular formula is C24H28O2. The van der Waals surface area contributed by atoms with Crippen LogP contribution in [0.15, 0.2) is 30.3 Å². The van der Waals surface area contributed by atoms with Crippen LogP contribution < -0.4 is 0 Å². The third-order valence-electron chi connectivity index (χ3n) is 6.17. The zero-order valence-electron chi connectivity index (χ0n) is 16.2. The molecule has 0 fully saturated rings. The van der Waals surface area contributed by atoms with E-state index in [1.807, 2.05) is 18.2 Å². The molecule has 1 atom stereocenters. The van der Waals surface area contributed by atoms with Gasteiger partial charge in [-0.05, 0) is 104 Å². The van der Waals surface area contributed by atoms with Crippen LogP contribution in [-0.2, 0) is 6.42 Å². The Bertz CT molecular complexity index is 874. The Kier molecular flexibility index (Phi) is 5.31. The van der Waals surface area contributed by atoms with Crippen molar-refractivity contribution in [3.63, 3.8) is 0 Å². The zero-order valence-corrected chi connectivity index (χ0v) is 16.2. The average molecular weight is 348 g/mol. The van der Waals surface area contributed by atoms with Gasteiger partial charge in [0, 0.05) is 0 Å². The number of hydrogen-bond donors (Lipinski definition) is 1. The fourth-order valence-electron chi connectivity index (χ4n) is 4.40. The summed E-state index contributed by atoms with van der Waals surface area (Å²) in [5, 5.41) is 9.33. The Labute approximate surface area is 156 Å². The highest BCUT2D eigenvalue weighted by atomic mass is 16.4. The molecule has 1 unspecified atom stereocenters. The molecular weight excluding hydrogens is 320 g/mol. The van der Waals surface area contributed by atoms with E-state index >= 15 is 0 Å². The molecule has 136 valence electrons. The number of rotatable bonds is 4. The van der Waals surface area contributed by atoms with Crippen molar-refractivity contribution < 1.29 is 9.90 Å². The van der Waals surface area contributed by atoms with Gasteiger partial charge in [0.15, 0.2) is 0 Å². The van der Waals surface area contributed by atoms with Crippen LogP contribution in [0.25, 0.3) is 6.08 Å². The van der Waals surface area contributed by atoms with Gasteiger partial charge in [-0.2, -0.15) is 0 Å². The smallest absolute Gasteiger partial charge is 0.336 e. The lowest BCUT2D eigenvalue weighted by Gasteiger charge is -2.30. The Morgan fingerprint density at radius 2 is 1.77 bits per heavy atom. The molecule has 0 radical (unpaired) electrons. The first-order chi connectivity index (χ1) is 12.4. The lowest BCUT2D eigenvalue weighted by molar-refractivity contribution is 0.0696. The van der Waals surface area contributed by atoms with Gasteiger partial charge in [0.05, 0.1) is 5.56 Å². The second-order valence-electron chi connectivity index (χ2n) is 7.51. The van der Waals surface area contributed by atoms with E-state index in [9.17, 15) is 9.90 Å². The highest BCUT2D eigenvalue weighted by Crippen LogP contribution is 2.40. The van der Waals surface area contributed by atoms with Gasteiger partial charge < -0.3 is 5.11 Å². The molecule has 0 heterocycles. The van der Waals surface area contributed by atoms with E-state index in [0.717, 1.165) is 12.0 Å². The maximum absolute atomic E-state index is 11.4. The molecule has 0 saturated heterocycles. The van der Waals surface area contributed by atoms with Gasteiger partial charge in [-0.25, -0.2) is 4.79 Å². The summed E-state index contributed by atoms with van der Waals surface area (Å²) in [5.74, 6) is -0.337. The first-order valence-corrected chi connectivity index (χ1v) is 9.49. The third-order valence-corrected chi connectivity index (χ3v) is 6.17. The molecule has 2 aromatic rings. The summed E-state index contributed by atoms with van der Waals surface area (Å²) in [6.45, 7) is 9.01. The summed E-state index contributed by atoms with van der Waals surface area (Å²) in [5.41, 5.74) is 10.0. The number of hydrogen-bond acceptors (Lipinski definition) is 1. The Balaban J connectivity index is 1.89. The lowest BCUT2D eigenvalue weighted by Crippen LogP contribution is -2.15. The summed E-state index contributed by atoms with van der Waals surface area (Å²) in [6.07, 6.45) is 8.72. The van der Waals surface area contributed by atoms with Crippen LogP contribution in [0.2, 0.25) is 0 Å². The van der Waals surface area contributed by atoms with Gasteiger partial charge in [0.2, 0.25) is 0 Å². The summed E-state index contributed by atoms with van der Waals surface area (Å²) < 4.78 is 0. The molecule has 0 bridgehead atoms. The van der Waals surface area contributed by atoms with Gasteiger partial charge in [-0.3, -0.25) is 0 Å². The van der Waals surface area contributed by atoms with Gasteiger partial charge in [0.1, 0.15) is 0 Å². The molecule has 3 rings (SSSR count). The molecule has 2 aromatic carbocycles. The van der Waals surface area contributed by atoms with Crippen LogP contribution >= 0.6 is 0 Å². The molecule has 2 heteroatoms. The van der Waals surface area contributed by atoms with E-state index in [0.29, 0.717) is 11.5 Å². The Hall–Kier alpha value is -2.35. The second-order valence-corrected chi connectivity index (χ2v) is 7.51. The van der Waals surface area contributed by atoms with Crippen molar-refractivity contribution in [2.24, 2.45) is 0 Å². The normalized spacial score (nSPS) is 16.7. The van der Waals surface area contributed by atoms with Gasteiger partial charge >= 0.3 is 5.97 Å². The predicted molar refractivity (Wildman–Crippen MR) is 108 cm³/mol. The van der Waals surface area contributed by atoms with Crippen molar-refractivity contribution in [1.29, 1.82) is 0 Å². The van der Waals surface area contributed by atoms with Crippen molar-refractivity contribution in [3.05, 3.63) is 74.8 Å². The minimum atomic E-state index is -0.870. The van der Waals surface area contributed by atoms with E-state index in [1.54, 1.807) is 23.3 Å². The number of allylic oxidation sites excluding steroid dienone is 1. The molecule has 26 heavy (non-hydrogen) atoms. The summed E-state index contributed by atoms with van der Waals surface area (Å²) in [6, 6.07) is 7.20. The Morgan fingerprint density at radius 3 is 2.50 bits per heavy atom. The minimum absolute atomic E-state index is 0.367. The highest BCUT2D eigenvalue weighted by Gasteiger charge is 2.25. The van der Waals surface area contributed by atoms with E-state index in [-0.39, 0.29) is 0 Å². The molecule has 1 aliphatic carbocycles. The van der Waals surface area contributed by atoms with Gasteiger partial charge in [0.25, 0.3) is 0 Å². The Morgan fingerprint density at radius 1 is 1.08 bits per heavy atom. The number of fused-ring (bicyclic) bond motifs is 1. The highest BCUT2D eigenvalue weighted by molar-refractivity contribution is 5.92. The second kappa shape index (κ2) is 7.49. The maximum Gasteiger partial charge on any atom is 0.336 e. The molecule has 1 aliphatic rings. The van der Waals surface area contributed by atoms with E-state index in [4.69, 9.17) is 0 Å². The molecule has 0 aliphatic heterocycles. The minimum Gasteiger partial charge on any atom is -0.478 e. The summed E-state index contributed by atoms with van der Waals surface area (Å²) in [4.78, 5) is 11.4. The van der Waals surface area contributed by atoms with Gasteiger partial charge in [-0.1, -0.05) is 30.4 Å². The van der Waals surface area contributed by atoms with Crippen molar-refractivity contribution in [2.75, 3.05) is 0 Å². The van der Waals surface area contributed by atoms with E-state index < -0.39 is 5.97 Å². The standard InChI is InChI=1S/C24H28O2/c1-15-16(2)18(4)23-20(12-8-14-21(23)17(15)3)11-7-10-19-9-5-6-13-22(19)24(25)26/h5-7,9-10,13,20H,8,11-12,14H2,1-4H3,(H,25,26). The monoisotopic (exact) mass is 348 g/mol. The molecule has 1 N–H and O–H groups in total. The summed E-state index contributed by atoms with van der Waals surface area (Å²) in [7, 11) is 0. The van der Waals surface area contributed by atoms with Gasteiger partial charge in [-0.15, -0.1) is 0 Å².